The molecule has 1 fully saturated rings. The zero-order valence-electron chi connectivity index (χ0n) is 24.7. The molecule has 1 aromatic heterocycles. The Morgan fingerprint density at radius 3 is 2.67 bits per heavy atom. The second-order valence-electron chi connectivity index (χ2n) is 10.0. The van der Waals surface area contributed by atoms with Gasteiger partial charge in [-0.15, -0.1) is 0 Å². The van der Waals surface area contributed by atoms with Crippen molar-refractivity contribution >= 4 is 38.2 Å². The summed E-state index contributed by atoms with van der Waals surface area (Å²) in [4.78, 5) is 24.8. The van der Waals surface area contributed by atoms with Crippen LogP contribution in [0.1, 0.15) is 50.0 Å². The Bertz CT molecular complexity index is 1490. The molecule has 0 spiro atoms. The van der Waals surface area contributed by atoms with E-state index in [-0.39, 0.29) is 29.5 Å². The first-order valence-corrected chi connectivity index (χ1v) is 24.8. The van der Waals surface area contributed by atoms with Gasteiger partial charge < -0.3 is 10.1 Å². The van der Waals surface area contributed by atoms with E-state index in [0.29, 0.717) is 29.4 Å². The van der Waals surface area contributed by atoms with Gasteiger partial charge in [-0.05, 0) is 11.5 Å². The van der Waals surface area contributed by atoms with Crippen LogP contribution in [0.25, 0.3) is 22.2 Å². The Labute approximate surface area is 263 Å². The predicted octanol–water partition coefficient (Wildman–Crippen LogP) is 3.75. The van der Waals surface area contributed by atoms with E-state index < -0.39 is 15.8 Å². The van der Waals surface area contributed by atoms with Gasteiger partial charge in [0, 0.05) is 17.5 Å². The zero-order chi connectivity index (χ0) is 30.1. The minimum absolute atomic E-state index is 0.160. The number of ether oxygens (including phenoxy) is 1. The molecule has 1 heterocycles. The Morgan fingerprint density at radius 2 is 1.98 bits per heavy atom. The summed E-state index contributed by atoms with van der Waals surface area (Å²) >= 11 is -0.805. The van der Waals surface area contributed by atoms with Crippen LogP contribution in [0.15, 0.2) is 64.4 Å². The molecule has 0 aliphatic heterocycles. The van der Waals surface area contributed by atoms with E-state index in [4.69, 9.17) is 10.00 Å². The topological polar surface area (TPSA) is 103 Å². The number of nitrogens with zero attached hydrogens (tertiary/aromatic N) is 4. The standard InChI is InChI=1S/C32H39I2N6O2/c1-6-40(7-2)33-34(4)19-23-8-13-26(14-9-23)38-32(41)28-16-17-36-31(39-28)25-11-10-24-12-15-29(42-5)30(27(24)18-25)37-21-22(3)20-35/h10-12,15-19,26,37H,3,6-9,13-14,21H2,1-2,4-5H3,(H,38,41)/q-1. The van der Waals surface area contributed by atoms with E-state index in [1.54, 1.807) is 24.9 Å². The van der Waals surface area contributed by atoms with Crippen LogP contribution in [0, 0.1) is 11.3 Å². The van der Waals surface area contributed by atoms with E-state index in [1.807, 2.05) is 30.3 Å². The molecular weight excluding hydrogens is 754 g/mol. The molecule has 1 amide bonds. The molecule has 0 radical (unpaired) electrons. The number of hydrogen-bond acceptors (Lipinski definition) is 7. The Kier molecular flexibility index (Phi) is 12.0. The van der Waals surface area contributed by atoms with E-state index >= 15 is 0 Å². The number of carbonyl (C=O) groups is 1. The number of amides is 1. The van der Waals surface area contributed by atoms with E-state index in [2.05, 4.69) is 59.2 Å². The number of nitrogens with one attached hydrogen (secondary N) is 2. The number of rotatable bonds is 12. The van der Waals surface area contributed by atoms with Gasteiger partial charge in [-0.3, -0.25) is 0 Å². The van der Waals surface area contributed by atoms with Crippen LogP contribution in [0.3, 0.4) is 0 Å². The fourth-order valence-corrected chi connectivity index (χ4v) is 20.0. The molecule has 2 aromatic carbocycles. The van der Waals surface area contributed by atoms with E-state index in [0.717, 1.165) is 47.7 Å². The quantitative estimate of drug-likeness (QED) is 0.125. The van der Waals surface area contributed by atoms with Gasteiger partial charge in [0.2, 0.25) is 0 Å². The zero-order valence-corrected chi connectivity index (χ0v) is 29.0. The molecule has 0 atom stereocenters. The van der Waals surface area contributed by atoms with Gasteiger partial charge in [0.25, 0.3) is 0 Å². The third-order valence-corrected chi connectivity index (χ3v) is 20.2. The minimum atomic E-state index is -0.979. The molecule has 0 saturated heterocycles. The molecule has 1 aliphatic rings. The molecule has 42 heavy (non-hydrogen) atoms. The van der Waals surface area contributed by atoms with Crippen LogP contribution in [-0.2, 0) is 0 Å². The normalized spacial score (nSPS) is 15.3. The molecule has 1 aliphatic carbocycles. The van der Waals surface area contributed by atoms with Crippen molar-refractivity contribution < 1.29 is 27.0 Å². The monoisotopic (exact) mass is 793 g/mol. The molecule has 0 bridgehead atoms. The van der Waals surface area contributed by atoms with Crippen molar-refractivity contribution in [3.63, 3.8) is 0 Å². The maximum absolute atomic E-state index is 13.2. The first kappa shape index (κ1) is 32.2. The van der Waals surface area contributed by atoms with Crippen LogP contribution in [-0.4, -0.2) is 56.7 Å². The van der Waals surface area contributed by atoms with Crippen molar-refractivity contribution in [1.29, 1.82) is 5.26 Å². The van der Waals surface area contributed by atoms with Gasteiger partial charge in [-0.1, -0.05) is 18.7 Å². The van der Waals surface area contributed by atoms with Crippen molar-refractivity contribution in [3.05, 3.63) is 70.1 Å². The molecule has 8 nitrogen and oxygen atoms in total. The number of alkyl halides is 1. The Morgan fingerprint density at radius 1 is 1.24 bits per heavy atom. The Hall–Kier alpha value is -2.76. The molecule has 0 unspecified atom stereocenters. The van der Waals surface area contributed by atoms with Crippen LogP contribution >= 0.6 is 15.8 Å². The number of allylic oxidation sites excluding steroid dienone is 1. The number of halogens is 2. The average Bonchev–Trinajstić information content (AvgIpc) is 3.02. The second-order valence-corrected chi connectivity index (χ2v) is 26.0. The number of hydrogen-bond donors (Lipinski definition) is 2. The third-order valence-electron chi connectivity index (χ3n) is 7.13. The molecule has 3 aromatic rings. The third kappa shape index (κ3) is 8.41. The smallest absolute Gasteiger partial charge is 0.00939 e. The number of anilines is 1. The summed E-state index contributed by atoms with van der Waals surface area (Å²) in [6, 6.07) is 13.7. The predicted molar refractivity (Wildman–Crippen MR) is 175 cm³/mol. The summed E-state index contributed by atoms with van der Waals surface area (Å²) in [6.45, 7) is 10.9. The van der Waals surface area contributed by atoms with Gasteiger partial charge in [0.1, 0.15) is 5.75 Å². The summed E-state index contributed by atoms with van der Waals surface area (Å²) in [7, 11) is 1.61. The maximum atomic E-state index is 13.2. The minimum Gasteiger partial charge on any atom is 0.00939 e. The molecule has 224 valence electrons. The fraction of sp³-hybridized carbons (Fsp3) is 0.375. The number of carbonyl (C=O) groups excluding carboxylic acids is 1. The van der Waals surface area contributed by atoms with Gasteiger partial charge in [-0.2, -0.15) is 5.26 Å². The van der Waals surface area contributed by atoms with E-state index in [1.165, 1.54) is 13.1 Å². The van der Waals surface area contributed by atoms with Gasteiger partial charge in [0.15, 0.2) is 0 Å². The molecule has 4 rings (SSSR count). The van der Waals surface area contributed by atoms with Crippen molar-refractivity contribution in [2.45, 2.75) is 45.6 Å². The summed E-state index contributed by atoms with van der Waals surface area (Å²) in [6.07, 6.45) is 5.73. The van der Waals surface area contributed by atoms with Crippen molar-refractivity contribution in [3.8, 4) is 23.2 Å². The van der Waals surface area contributed by atoms with Crippen molar-refractivity contribution in [2.75, 3.05) is 37.0 Å². The van der Waals surface area contributed by atoms with Crippen molar-refractivity contribution in [1.82, 2.24) is 18.4 Å². The number of fused-ring (bicyclic) bond motifs is 1. The SMILES string of the molecule is C=C(C#N)CNc1c(OC)ccc2ccc(-c3nccc(C(=O)NC4CCC(=CI(C)[I-]N(CC)CC)CC4)n3)cc12. The van der Waals surface area contributed by atoms with Crippen molar-refractivity contribution in [2.24, 2.45) is 0 Å². The second kappa shape index (κ2) is 15.6. The number of aromatic nitrogens is 2. The fourth-order valence-electron chi connectivity index (χ4n) is 4.84. The summed E-state index contributed by atoms with van der Waals surface area (Å²) in [5.74, 6) is 0.976. The average molecular weight is 794 g/mol. The van der Waals surface area contributed by atoms with Gasteiger partial charge in [0.05, 0.1) is 18.9 Å². The van der Waals surface area contributed by atoms with E-state index in [9.17, 15) is 4.79 Å². The molecule has 2 N–H and O–H groups in total. The summed E-state index contributed by atoms with van der Waals surface area (Å²) in [5.41, 5.74) is 3.93. The van der Waals surface area contributed by atoms with Crippen LogP contribution in [0.5, 0.6) is 5.75 Å². The first-order valence-electron chi connectivity index (χ1n) is 14.1. The van der Waals surface area contributed by atoms with Crippen LogP contribution < -0.4 is 32.9 Å². The molecule has 1 saturated carbocycles. The molecular formula is C32H39I2N6O2-. The number of methoxy groups -OCH3 is 1. The van der Waals surface area contributed by atoms with Gasteiger partial charge >= 0.3 is 177 Å². The van der Waals surface area contributed by atoms with Gasteiger partial charge in [-0.25, -0.2) is 0 Å². The summed E-state index contributed by atoms with van der Waals surface area (Å²) < 4.78 is 10.9. The van der Waals surface area contributed by atoms with Crippen LogP contribution in [0.2, 0.25) is 0 Å². The van der Waals surface area contributed by atoms with Crippen LogP contribution in [0.4, 0.5) is 5.69 Å². The molecule has 10 heteroatoms. The Balaban J connectivity index is 1.45. The number of benzene rings is 2. The number of nitriles is 1. The summed E-state index contributed by atoms with van der Waals surface area (Å²) in [5, 5.41) is 17.5. The first-order chi connectivity index (χ1) is 20.3.